The van der Waals surface area contributed by atoms with E-state index < -0.39 is 0 Å². The largest absolute Gasteiger partial charge is 0.378 e. The standard InChI is InChI=1S/C22H24N4O2/c27-21(25-12-14-28-15-13-25)20-18(26-11-5-4-8-19(26)24-20)16-23-22(9-10-22)17-6-2-1-3-7-17/h1-8,11,23H,9-10,12-16H2. The normalized spacial score (nSPS) is 18.4. The molecule has 0 spiro atoms. The summed E-state index contributed by atoms with van der Waals surface area (Å²) in [5, 5.41) is 3.72. The fourth-order valence-corrected chi connectivity index (χ4v) is 4.01. The summed E-state index contributed by atoms with van der Waals surface area (Å²) in [4.78, 5) is 19.7. The topological polar surface area (TPSA) is 58.9 Å². The van der Waals surface area contributed by atoms with Crippen LogP contribution >= 0.6 is 0 Å². The number of benzene rings is 1. The Labute approximate surface area is 164 Å². The van der Waals surface area contributed by atoms with E-state index in [0.29, 0.717) is 38.5 Å². The highest BCUT2D eigenvalue weighted by Gasteiger charge is 2.44. The van der Waals surface area contributed by atoms with Crippen LogP contribution in [0.2, 0.25) is 0 Å². The van der Waals surface area contributed by atoms with Gasteiger partial charge in [-0.1, -0.05) is 36.4 Å². The van der Waals surface area contributed by atoms with Crippen LogP contribution in [0.3, 0.4) is 0 Å². The molecule has 2 aliphatic rings. The van der Waals surface area contributed by atoms with E-state index in [1.54, 1.807) is 0 Å². The van der Waals surface area contributed by atoms with Gasteiger partial charge in [0.2, 0.25) is 0 Å². The second-order valence-electron chi connectivity index (χ2n) is 7.54. The number of nitrogens with one attached hydrogen (secondary N) is 1. The fraction of sp³-hybridized carbons (Fsp3) is 0.364. The van der Waals surface area contributed by atoms with Crippen LogP contribution in [-0.4, -0.2) is 46.5 Å². The second-order valence-corrected chi connectivity index (χ2v) is 7.54. The molecule has 0 unspecified atom stereocenters. The number of ether oxygens (including phenoxy) is 1. The summed E-state index contributed by atoms with van der Waals surface area (Å²) in [6.07, 6.45) is 4.21. The first-order chi connectivity index (χ1) is 13.8. The zero-order chi connectivity index (χ0) is 19.0. The van der Waals surface area contributed by atoms with Crippen LogP contribution in [0, 0.1) is 0 Å². The second kappa shape index (κ2) is 7.04. The van der Waals surface area contributed by atoms with Gasteiger partial charge in [0.15, 0.2) is 5.69 Å². The number of nitrogens with zero attached hydrogens (tertiary/aromatic N) is 3. The number of hydrogen-bond donors (Lipinski definition) is 1. The molecule has 1 saturated heterocycles. The number of fused-ring (bicyclic) bond motifs is 1. The number of carbonyl (C=O) groups excluding carboxylic acids is 1. The van der Waals surface area contributed by atoms with E-state index in [4.69, 9.17) is 4.74 Å². The monoisotopic (exact) mass is 376 g/mol. The Kier molecular flexibility index (Phi) is 4.37. The summed E-state index contributed by atoms with van der Waals surface area (Å²) >= 11 is 0. The van der Waals surface area contributed by atoms with Gasteiger partial charge in [-0.05, 0) is 30.5 Å². The van der Waals surface area contributed by atoms with Crippen molar-refractivity contribution in [2.24, 2.45) is 0 Å². The van der Waals surface area contributed by atoms with Crippen LogP contribution in [0.4, 0.5) is 0 Å². The average Bonchev–Trinajstić information content (AvgIpc) is 3.47. The first-order valence-electron chi connectivity index (χ1n) is 9.90. The third kappa shape index (κ3) is 3.08. The lowest BCUT2D eigenvalue weighted by molar-refractivity contribution is 0.0298. The molecule has 0 atom stereocenters. The molecular weight excluding hydrogens is 352 g/mol. The van der Waals surface area contributed by atoms with Crippen molar-refractivity contribution >= 4 is 11.6 Å². The van der Waals surface area contributed by atoms with Crippen LogP contribution < -0.4 is 5.32 Å². The summed E-state index contributed by atoms with van der Waals surface area (Å²) in [6.45, 7) is 3.01. The molecule has 1 N–H and O–H groups in total. The van der Waals surface area contributed by atoms with Crippen molar-refractivity contribution in [3.8, 4) is 0 Å². The van der Waals surface area contributed by atoms with E-state index in [-0.39, 0.29) is 11.4 Å². The number of carbonyl (C=O) groups is 1. The van der Waals surface area contributed by atoms with E-state index in [1.165, 1.54) is 5.56 Å². The molecule has 1 amide bonds. The van der Waals surface area contributed by atoms with Crippen molar-refractivity contribution in [2.45, 2.75) is 24.9 Å². The molecule has 1 aromatic carbocycles. The van der Waals surface area contributed by atoms with Gasteiger partial charge in [0.05, 0.1) is 18.9 Å². The Morgan fingerprint density at radius 3 is 2.57 bits per heavy atom. The summed E-state index contributed by atoms with van der Waals surface area (Å²) in [5.74, 6) is -0.00615. The maximum absolute atomic E-state index is 13.2. The molecule has 28 heavy (non-hydrogen) atoms. The average molecular weight is 376 g/mol. The van der Waals surface area contributed by atoms with Gasteiger partial charge in [0.25, 0.3) is 5.91 Å². The molecule has 1 aliphatic carbocycles. The minimum atomic E-state index is -0.00615. The smallest absolute Gasteiger partial charge is 0.274 e. The summed E-state index contributed by atoms with van der Waals surface area (Å²) in [6, 6.07) is 16.4. The zero-order valence-electron chi connectivity index (χ0n) is 15.8. The fourth-order valence-electron chi connectivity index (χ4n) is 4.01. The van der Waals surface area contributed by atoms with E-state index in [9.17, 15) is 4.79 Å². The zero-order valence-corrected chi connectivity index (χ0v) is 15.8. The molecule has 0 bridgehead atoms. The summed E-state index contributed by atoms with van der Waals surface area (Å²) < 4.78 is 7.42. The SMILES string of the molecule is O=C(c1nc2ccccn2c1CNC1(c2ccccc2)CC1)N1CCOCC1. The molecule has 6 nitrogen and oxygen atoms in total. The van der Waals surface area contributed by atoms with Crippen LogP contribution in [0.5, 0.6) is 0 Å². The Morgan fingerprint density at radius 1 is 1.07 bits per heavy atom. The van der Waals surface area contributed by atoms with Crippen molar-refractivity contribution in [3.05, 3.63) is 71.7 Å². The number of rotatable bonds is 5. The minimum Gasteiger partial charge on any atom is -0.378 e. The van der Waals surface area contributed by atoms with Gasteiger partial charge in [-0.2, -0.15) is 0 Å². The number of imidazole rings is 1. The predicted molar refractivity (Wildman–Crippen MR) is 106 cm³/mol. The third-order valence-corrected chi connectivity index (χ3v) is 5.80. The van der Waals surface area contributed by atoms with Gasteiger partial charge >= 0.3 is 0 Å². The van der Waals surface area contributed by atoms with E-state index in [0.717, 1.165) is 24.2 Å². The van der Waals surface area contributed by atoms with Gasteiger partial charge in [-0.25, -0.2) is 4.98 Å². The van der Waals surface area contributed by atoms with Crippen molar-refractivity contribution in [2.75, 3.05) is 26.3 Å². The molecule has 6 heteroatoms. The van der Waals surface area contributed by atoms with Gasteiger partial charge in [-0.3, -0.25) is 4.79 Å². The lowest BCUT2D eigenvalue weighted by Crippen LogP contribution is -2.41. The van der Waals surface area contributed by atoms with Gasteiger partial charge < -0.3 is 19.4 Å². The van der Waals surface area contributed by atoms with Crippen molar-refractivity contribution in [1.82, 2.24) is 19.6 Å². The lowest BCUT2D eigenvalue weighted by atomic mass is 10.0. The lowest BCUT2D eigenvalue weighted by Gasteiger charge is -2.26. The Bertz CT molecular complexity index is 988. The molecule has 2 aromatic heterocycles. The van der Waals surface area contributed by atoms with Crippen LogP contribution in [0.1, 0.15) is 34.6 Å². The Hall–Kier alpha value is -2.70. The molecule has 3 heterocycles. The van der Waals surface area contributed by atoms with Gasteiger partial charge in [0.1, 0.15) is 5.65 Å². The number of hydrogen-bond acceptors (Lipinski definition) is 4. The van der Waals surface area contributed by atoms with Crippen LogP contribution in [0.15, 0.2) is 54.7 Å². The first kappa shape index (κ1) is 17.4. The highest BCUT2D eigenvalue weighted by molar-refractivity contribution is 5.94. The highest BCUT2D eigenvalue weighted by atomic mass is 16.5. The van der Waals surface area contributed by atoms with Crippen molar-refractivity contribution in [1.29, 1.82) is 0 Å². The maximum atomic E-state index is 13.2. The molecule has 1 saturated carbocycles. The third-order valence-electron chi connectivity index (χ3n) is 5.80. The van der Waals surface area contributed by atoms with E-state index >= 15 is 0 Å². The predicted octanol–water partition coefficient (Wildman–Crippen LogP) is 2.59. The molecule has 2 fully saturated rings. The van der Waals surface area contributed by atoms with E-state index in [1.807, 2.05) is 39.8 Å². The van der Waals surface area contributed by atoms with Gasteiger partial charge in [0, 0.05) is 31.4 Å². The number of aromatic nitrogens is 2. The molecular formula is C22H24N4O2. The van der Waals surface area contributed by atoms with Gasteiger partial charge in [-0.15, -0.1) is 0 Å². The quantitative estimate of drug-likeness (QED) is 0.744. The van der Waals surface area contributed by atoms with Crippen molar-refractivity contribution < 1.29 is 9.53 Å². The Morgan fingerprint density at radius 2 is 1.82 bits per heavy atom. The molecule has 0 radical (unpaired) electrons. The maximum Gasteiger partial charge on any atom is 0.274 e. The number of amides is 1. The van der Waals surface area contributed by atoms with Crippen LogP contribution in [-0.2, 0) is 16.8 Å². The summed E-state index contributed by atoms with van der Waals surface area (Å²) in [5.41, 5.74) is 3.60. The first-order valence-corrected chi connectivity index (χ1v) is 9.90. The molecule has 144 valence electrons. The minimum absolute atomic E-state index is 0.00615. The molecule has 1 aliphatic heterocycles. The molecule has 5 rings (SSSR count). The highest BCUT2D eigenvalue weighted by Crippen LogP contribution is 2.45. The molecule has 3 aromatic rings. The van der Waals surface area contributed by atoms with Crippen molar-refractivity contribution in [3.63, 3.8) is 0 Å². The Balaban J connectivity index is 1.45. The number of morpholine rings is 1. The van der Waals surface area contributed by atoms with Crippen LogP contribution in [0.25, 0.3) is 5.65 Å². The van der Waals surface area contributed by atoms with E-state index in [2.05, 4.69) is 34.6 Å². The number of pyridine rings is 1. The summed E-state index contributed by atoms with van der Waals surface area (Å²) in [7, 11) is 0.